The van der Waals surface area contributed by atoms with E-state index < -0.39 is 5.91 Å². The number of aryl methyl sites for hydroxylation is 1. The number of alkyl halides is 1. The van der Waals surface area contributed by atoms with Crippen LogP contribution < -0.4 is 31.8 Å². The molecule has 0 unspecified atom stereocenters. The van der Waals surface area contributed by atoms with Gasteiger partial charge in [-0.1, -0.05) is 11.6 Å². The van der Waals surface area contributed by atoms with E-state index >= 15 is 0 Å². The molecule has 37 heavy (non-hydrogen) atoms. The molecule has 0 aliphatic rings. The summed E-state index contributed by atoms with van der Waals surface area (Å²) in [5.41, 5.74) is 18.5. The van der Waals surface area contributed by atoms with E-state index in [1.54, 1.807) is 19.1 Å². The minimum absolute atomic E-state index is 0. The van der Waals surface area contributed by atoms with Crippen molar-refractivity contribution in [3.05, 3.63) is 34.9 Å². The molecule has 0 atom stereocenters. The zero-order chi connectivity index (χ0) is 27.0. The smallest absolute Gasteiger partial charge is 0.277 e. The van der Waals surface area contributed by atoms with E-state index in [9.17, 15) is 9.59 Å². The number of carbonyl (C=O) groups is 2. The van der Waals surface area contributed by atoms with Gasteiger partial charge in [0.05, 0.1) is 13.7 Å². The van der Waals surface area contributed by atoms with Crippen LogP contribution in [0.15, 0.2) is 18.2 Å². The van der Waals surface area contributed by atoms with Crippen LogP contribution in [-0.2, 0) is 24.4 Å². The van der Waals surface area contributed by atoms with Crippen LogP contribution in [0.4, 0.5) is 11.6 Å². The Hall–Kier alpha value is -3.06. The summed E-state index contributed by atoms with van der Waals surface area (Å²) >= 11 is 10.5. The zero-order valence-electron chi connectivity index (χ0n) is 21.1. The van der Waals surface area contributed by atoms with E-state index in [1.165, 1.54) is 6.38 Å². The van der Waals surface area contributed by atoms with Crippen LogP contribution in [0.1, 0.15) is 23.2 Å². The van der Waals surface area contributed by atoms with E-state index in [1.807, 2.05) is 34.3 Å². The number of rotatable bonds is 9. The number of ether oxygens (including phenoxy) is 1. The number of hydrogen-bond acceptors (Lipinski definition) is 8. The van der Waals surface area contributed by atoms with E-state index in [0.717, 1.165) is 11.0 Å². The molecule has 7 N–H and O–H groups in total. The van der Waals surface area contributed by atoms with Crippen LogP contribution in [0.3, 0.4) is 0 Å². The van der Waals surface area contributed by atoms with Crippen molar-refractivity contribution < 1.29 is 18.9 Å². The Labute approximate surface area is 231 Å². The van der Waals surface area contributed by atoms with Crippen LogP contribution in [0, 0.1) is 0 Å². The van der Waals surface area contributed by atoms with Gasteiger partial charge in [0.15, 0.2) is 40.1 Å². The van der Waals surface area contributed by atoms with Crippen LogP contribution in [-0.4, -0.2) is 64.9 Å². The zero-order valence-corrected chi connectivity index (χ0v) is 23.5. The Morgan fingerprint density at radius 2 is 1.89 bits per heavy atom. The minimum atomic E-state index is -0.574. The molecule has 0 saturated carbocycles. The number of nitrogens with one attached hydrogen (secondary N) is 1. The summed E-state index contributed by atoms with van der Waals surface area (Å²) in [5, 5.41) is 2.68. The first-order chi connectivity index (χ1) is 17.2. The fourth-order valence-electron chi connectivity index (χ4n) is 3.64. The van der Waals surface area contributed by atoms with Gasteiger partial charge in [-0.3, -0.25) is 9.59 Å². The largest absolute Gasteiger partial charge is 0.497 e. The van der Waals surface area contributed by atoms with Gasteiger partial charge in [0.25, 0.3) is 17.6 Å². The molecule has 3 rings (SSSR count). The molecular formula is C22H33Cl3N9O3+. The van der Waals surface area contributed by atoms with E-state index in [2.05, 4.69) is 26.9 Å². The highest BCUT2D eigenvalue weighted by atomic mass is 35.5. The fourth-order valence-corrected chi connectivity index (χ4v) is 3.77. The molecule has 0 fully saturated rings. The third kappa shape index (κ3) is 7.25. The molecule has 0 bridgehead atoms. The molecule has 0 aliphatic heterocycles. The van der Waals surface area contributed by atoms with E-state index in [-0.39, 0.29) is 53.9 Å². The second kappa shape index (κ2) is 14.6. The number of carbonyl (C=O) groups excluding carboxylic acids is 2. The third-order valence-electron chi connectivity index (χ3n) is 5.41. The number of amides is 2. The SMILES string of the molecule is CCl.CCn1c(CNC(=O)c2nc(Cl)c(N)nc2N)[n+](CC(=O)N(C)CCN)c2ccc(OC)cc21.Cl. The maximum Gasteiger partial charge on any atom is 0.277 e. The molecule has 15 heteroatoms. The van der Waals surface area contributed by atoms with Gasteiger partial charge in [0.1, 0.15) is 12.3 Å². The first-order valence-electron chi connectivity index (χ1n) is 11.0. The second-order valence-corrected chi connectivity index (χ2v) is 7.88. The normalized spacial score (nSPS) is 10.2. The molecule has 1 aromatic carbocycles. The van der Waals surface area contributed by atoms with Gasteiger partial charge < -0.3 is 32.2 Å². The first-order valence-corrected chi connectivity index (χ1v) is 12.1. The summed E-state index contributed by atoms with van der Waals surface area (Å²) in [6.45, 7) is 3.50. The van der Waals surface area contributed by atoms with Crippen LogP contribution in [0.5, 0.6) is 5.75 Å². The lowest BCUT2D eigenvalue weighted by Crippen LogP contribution is -2.48. The number of fused-ring (bicyclic) bond motifs is 1. The lowest BCUT2D eigenvalue weighted by Gasteiger charge is -2.15. The van der Waals surface area contributed by atoms with Gasteiger partial charge in [-0.25, -0.2) is 19.1 Å². The Morgan fingerprint density at radius 1 is 1.22 bits per heavy atom. The van der Waals surface area contributed by atoms with Gasteiger partial charge >= 0.3 is 0 Å². The molecular weight excluding hydrogens is 545 g/mol. The van der Waals surface area contributed by atoms with Crippen LogP contribution in [0.2, 0.25) is 5.15 Å². The molecule has 12 nitrogen and oxygen atoms in total. The number of likely N-dealkylation sites (N-methyl/N-ethyl adjacent to an activating group) is 1. The van der Waals surface area contributed by atoms with Crippen molar-refractivity contribution in [3.8, 4) is 5.75 Å². The molecule has 2 aromatic heterocycles. The maximum absolute atomic E-state index is 12.9. The van der Waals surface area contributed by atoms with Crippen molar-refractivity contribution >= 4 is 70.1 Å². The highest BCUT2D eigenvalue weighted by Crippen LogP contribution is 2.22. The molecule has 204 valence electrons. The fraction of sp³-hybridized carbons (Fsp3) is 0.409. The lowest BCUT2D eigenvalue weighted by atomic mass is 10.3. The molecule has 0 spiro atoms. The van der Waals surface area contributed by atoms with Crippen molar-refractivity contribution in [2.24, 2.45) is 5.73 Å². The average molecular weight is 578 g/mol. The predicted octanol–water partition coefficient (Wildman–Crippen LogP) is 1.19. The van der Waals surface area contributed by atoms with Gasteiger partial charge in [0.2, 0.25) is 0 Å². The van der Waals surface area contributed by atoms with E-state index in [4.69, 9.17) is 33.5 Å². The second-order valence-electron chi connectivity index (χ2n) is 7.52. The number of hydrogen-bond donors (Lipinski definition) is 4. The quantitative estimate of drug-likeness (QED) is 0.217. The Balaban J connectivity index is 0.00000223. The number of benzene rings is 1. The molecule has 0 radical (unpaired) electrons. The highest BCUT2D eigenvalue weighted by Gasteiger charge is 2.28. The lowest BCUT2D eigenvalue weighted by molar-refractivity contribution is -0.668. The third-order valence-corrected chi connectivity index (χ3v) is 5.69. The minimum Gasteiger partial charge on any atom is -0.497 e. The van der Waals surface area contributed by atoms with Crippen molar-refractivity contribution in [2.45, 2.75) is 26.6 Å². The summed E-state index contributed by atoms with van der Waals surface area (Å²) in [6, 6.07) is 5.59. The number of nitrogen functional groups attached to an aromatic ring is 2. The Bertz CT molecular complexity index is 1240. The number of halogens is 3. The van der Waals surface area contributed by atoms with E-state index in [0.29, 0.717) is 31.2 Å². The standard InChI is InChI=1S/C21H28ClN9O3.CH3Cl.ClH/c1-4-30-14-9-12(34-3)5-6-13(14)31(11-16(32)29(2)8-7-23)15(30)10-26-21(33)17-19(24)28-20(25)18(22)27-17;1-2;/h5-6,9H,4,7-8,10-11,23H2,1-3H3,(H4-,24,25,26,28,33);1H3;1H/p+1. The number of nitrogens with two attached hydrogens (primary N) is 3. The van der Waals surface area contributed by atoms with Crippen molar-refractivity contribution in [2.75, 3.05) is 45.1 Å². The van der Waals surface area contributed by atoms with Gasteiger partial charge in [0, 0.05) is 32.6 Å². The van der Waals surface area contributed by atoms with Crippen LogP contribution in [0.25, 0.3) is 11.0 Å². The Kier molecular flexibility index (Phi) is 12.6. The number of nitrogens with zero attached hydrogens (tertiary/aromatic N) is 5. The van der Waals surface area contributed by atoms with Crippen molar-refractivity contribution in [1.82, 2.24) is 24.8 Å². The molecule has 2 heterocycles. The summed E-state index contributed by atoms with van der Waals surface area (Å²) in [7, 11) is 3.29. The monoisotopic (exact) mass is 576 g/mol. The molecule has 0 saturated heterocycles. The van der Waals surface area contributed by atoms with Gasteiger partial charge in [-0.15, -0.1) is 24.0 Å². The number of imidazole rings is 1. The number of anilines is 2. The molecule has 3 aromatic rings. The van der Waals surface area contributed by atoms with Crippen molar-refractivity contribution in [3.63, 3.8) is 0 Å². The van der Waals surface area contributed by atoms with Gasteiger partial charge in [-0.05, 0) is 19.1 Å². The van der Waals surface area contributed by atoms with Crippen molar-refractivity contribution in [1.29, 1.82) is 0 Å². The summed E-state index contributed by atoms with van der Waals surface area (Å²) in [4.78, 5) is 35.0. The maximum atomic E-state index is 12.9. The predicted molar refractivity (Wildman–Crippen MR) is 147 cm³/mol. The summed E-state index contributed by atoms with van der Waals surface area (Å²) in [6.07, 6.45) is 1.47. The summed E-state index contributed by atoms with van der Waals surface area (Å²) in [5.74, 6) is 0.487. The highest BCUT2D eigenvalue weighted by molar-refractivity contribution is 6.31. The number of aromatic nitrogens is 4. The van der Waals surface area contributed by atoms with Gasteiger partial charge in [-0.2, -0.15) is 0 Å². The summed E-state index contributed by atoms with van der Waals surface area (Å²) < 4.78 is 9.24. The van der Waals surface area contributed by atoms with Crippen LogP contribution >= 0.6 is 35.6 Å². The average Bonchev–Trinajstić information content (AvgIpc) is 3.17. The first kappa shape index (κ1) is 32.0. The number of methoxy groups -OCH3 is 1. The molecule has 0 aliphatic carbocycles. The topological polar surface area (TPSA) is 171 Å². The Morgan fingerprint density at radius 3 is 2.49 bits per heavy atom. The molecule has 2 amide bonds.